The zero-order valence-electron chi connectivity index (χ0n) is 18.2. The van der Waals surface area contributed by atoms with Crippen molar-refractivity contribution in [3.05, 3.63) is 23.8 Å². The van der Waals surface area contributed by atoms with Gasteiger partial charge >= 0.3 is 6.03 Å². The molecule has 1 aliphatic heterocycles. The van der Waals surface area contributed by atoms with E-state index in [4.69, 9.17) is 9.47 Å². The molecule has 7 nitrogen and oxygen atoms in total. The number of hydrogen-bond donors (Lipinski definition) is 2. The summed E-state index contributed by atoms with van der Waals surface area (Å²) in [6, 6.07) is 5.64. The zero-order valence-corrected chi connectivity index (χ0v) is 18.2. The number of urea groups is 1. The van der Waals surface area contributed by atoms with Crippen molar-refractivity contribution in [1.82, 2.24) is 15.5 Å². The molecule has 0 unspecified atom stereocenters. The van der Waals surface area contributed by atoms with E-state index in [1.807, 2.05) is 4.90 Å². The summed E-state index contributed by atoms with van der Waals surface area (Å²) in [5.41, 5.74) is 0.507. The number of benzene rings is 1. The molecule has 1 aliphatic carbocycles. The van der Waals surface area contributed by atoms with Crippen molar-refractivity contribution < 1.29 is 19.1 Å². The molecular formula is C23H35N3O4. The molecule has 30 heavy (non-hydrogen) atoms. The lowest BCUT2D eigenvalue weighted by molar-refractivity contribution is 0.0946. The minimum Gasteiger partial charge on any atom is -0.497 e. The summed E-state index contributed by atoms with van der Waals surface area (Å²) in [6.45, 7) is 2.21. The molecule has 2 aliphatic rings. The van der Waals surface area contributed by atoms with E-state index < -0.39 is 0 Å². The SMILES string of the molecule is COc1ccc(C(=O)NCCC2CCN(C(=O)NC3CCCCC3)CC2)c(OC)c1. The van der Waals surface area contributed by atoms with Crippen LogP contribution in [0.2, 0.25) is 0 Å². The third kappa shape index (κ3) is 6.03. The van der Waals surface area contributed by atoms with E-state index in [0.717, 1.165) is 45.2 Å². The average molecular weight is 418 g/mol. The average Bonchev–Trinajstić information content (AvgIpc) is 2.79. The first-order chi connectivity index (χ1) is 14.6. The molecule has 0 spiro atoms. The number of carbonyl (C=O) groups is 2. The van der Waals surface area contributed by atoms with Gasteiger partial charge in [0.1, 0.15) is 11.5 Å². The first-order valence-electron chi connectivity index (χ1n) is 11.2. The van der Waals surface area contributed by atoms with Gasteiger partial charge in [-0.15, -0.1) is 0 Å². The van der Waals surface area contributed by atoms with Crippen LogP contribution in [0.4, 0.5) is 4.79 Å². The molecule has 3 rings (SSSR count). The number of likely N-dealkylation sites (tertiary alicyclic amines) is 1. The Morgan fingerprint density at radius 3 is 2.43 bits per heavy atom. The highest BCUT2D eigenvalue weighted by Crippen LogP contribution is 2.25. The number of amides is 3. The van der Waals surface area contributed by atoms with Crippen molar-refractivity contribution in [2.75, 3.05) is 33.9 Å². The first-order valence-corrected chi connectivity index (χ1v) is 11.2. The van der Waals surface area contributed by atoms with Crippen LogP contribution >= 0.6 is 0 Å². The lowest BCUT2D eigenvalue weighted by Crippen LogP contribution is -2.48. The molecule has 3 amide bonds. The van der Waals surface area contributed by atoms with Gasteiger partial charge in [-0.3, -0.25) is 4.79 Å². The van der Waals surface area contributed by atoms with Crippen LogP contribution in [0.15, 0.2) is 18.2 Å². The van der Waals surface area contributed by atoms with E-state index in [9.17, 15) is 9.59 Å². The third-order valence-electron chi connectivity index (χ3n) is 6.33. The number of carbonyl (C=O) groups excluding carboxylic acids is 2. The molecule has 7 heteroatoms. The van der Waals surface area contributed by atoms with Gasteiger partial charge in [-0.2, -0.15) is 0 Å². The van der Waals surface area contributed by atoms with Crippen LogP contribution in [0.25, 0.3) is 0 Å². The Bertz CT molecular complexity index is 710. The second-order valence-corrected chi connectivity index (χ2v) is 8.33. The second-order valence-electron chi connectivity index (χ2n) is 8.33. The Balaban J connectivity index is 1.37. The standard InChI is InChI=1S/C23H35N3O4/c1-29-19-8-9-20(21(16-19)30-2)22(27)24-13-10-17-11-14-26(15-12-17)23(28)25-18-6-4-3-5-7-18/h8-9,16-18H,3-7,10-15H2,1-2H3,(H,24,27)(H,25,28). The highest BCUT2D eigenvalue weighted by Gasteiger charge is 2.25. The van der Waals surface area contributed by atoms with E-state index >= 15 is 0 Å². The highest BCUT2D eigenvalue weighted by molar-refractivity contribution is 5.97. The number of methoxy groups -OCH3 is 2. The molecule has 1 saturated heterocycles. The van der Waals surface area contributed by atoms with Gasteiger partial charge in [0.15, 0.2) is 0 Å². The molecule has 2 N–H and O–H groups in total. The maximum absolute atomic E-state index is 12.5. The van der Waals surface area contributed by atoms with E-state index in [2.05, 4.69) is 10.6 Å². The van der Waals surface area contributed by atoms with E-state index in [1.165, 1.54) is 19.3 Å². The number of nitrogens with zero attached hydrogens (tertiary/aromatic N) is 1. The quantitative estimate of drug-likeness (QED) is 0.711. The maximum atomic E-state index is 12.5. The Morgan fingerprint density at radius 1 is 1.03 bits per heavy atom. The van der Waals surface area contributed by atoms with E-state index in [0.29, 0.717) is 35.6 Å². The fraction of sp³-hybridized carbons (Fsp3) is 0.652. The predicted molar refractivity (Wildman–Crippen MR) is 116 cm³/mol. The van der Waals surface area contributed by atoms with Crippen LogP contribution in [-0.2, 0) is 0 Å². The molecular weight excluding hydrogens is 382 g/mol. The summed E-state index contributed by atoms with van der Waals surface area (Å²) >= 11 is 0. The Hall–Kier alpha value is -2.44. The van der Waals surface area contributed by atoms with Gasteiger partial charge in [0, 0.05) is 31.7 Å². The van der Waals surface area contributed by atoms with Crippen molar-refractivity contribution in [3.63, 3.8) is 0 Å². The maximum Gasteiger partial charge on any atom is 0.317 e. The Labute approximate surface area is 179 Å². The predicted octanol–water partition coefficient (Wildman–Crippen LogP) is 3.58. The molecule has 2 fully saturated rings. The van der Waals surface area contributed by atoms with Gasteiger partial charge in [-0.1, -0.05) is 19.3 Å². The topological polar surface area (TPSA) is 79.9 Å². The molecule has 0 aromatic heterocycles. The second kappa shape index (κ2) is 11.1. The minimum atomic E-state index is -0.140. The monoisotopic (exact) mass is 417 g/mol. The lowest BCUT2D eigenvalue weighted by atomic mass is 9.93. The summed E-state index contributed by atoms with van der Waals surface area (Å²) in [6.07, 6.45) is 8.85. The summed E-state index contributed by atoms with van der Waals surface area (Å²) in [5.74, 6) is 1.55. The Kier molecular flexibility index (Phi) is 8.22. The van der Waals surface area contributed by atoms with Gasteiger partial charge in [0.2, 0.25) is 0 Å². The lowest BCUT2D eigenvalue weighted by Gasteiger charge is -2.34. The van der Waals surface area contributed by atoms with Gasteiger partial charge in [-0.05, 0) is 50.2 Å². The third-order valence-corrected chi connectivity index (χ3v) is 6.33. The molecule has 1 heterocycles. The van der Waals surface area contributed by atoms with Crippen LogP contribution in [-0.4, -0.2) is 56.7 Å². The first kappa shape index (κ1) is 22.2. The van der Waals surface area contributed by atoms with Crippen LogP contribution in [0, 0.1) is 5.92 Å². The Morgan fingerprint density at radius 2 is 1.77 bits per heavy atom. The minimum absolute atomic E-state index is 0.0975. The number of rotatable bonds is 7. The molecule has 166 valence electrons. The number of nitrogens with one attached hydrogen (secondary N) is 2. The fourth-order valence-corrected chi connectivity index (χ4v) is 4.41. The normalized spacial score (nSPS) is 18.0. The van der Waals surface area contributed by atoms with Gasteiger partial charge in [-0.25, -0.2) is 4.79 Å². The van der Waals surface area contributed by atoms with Gasteiger partial charge < -0.3 is 25.0 Å². The van der Waals surface area contributed by atoms with Gasteiger partial charge in [0.05, 0.1) is 19.8 Å². The molecule has 0 atom stereocenters. The molecule has 1 aromatic carbocycles. The number of hydrogen-bond acceptors (Lipinski definition) is 4. The molecule has 0 bridgehead atoms. The van der Waals surface area contributed by atoms with Crippen molar-refractivity contribution in [2.24, 2.45) is 5.92 Å². The molecule has 1 saturated carbocycles. The van der Waals surface area contributed by atoms with E-state index in [-0.39, 0.29) is 11.9 Å². The van der Waals surface area contributed by atoms with Crippen molar-refractivity contribution in [1.29, 1.82) is 0 Å². The number of piperidine rings is 1. The van der Waals surface area contributed by atoms with Gasteiger partial charge in [0.25, 0.3) is 5.91 Å². The number of ether oxygens (including phenoxy) is 2. The van der Waals surface area contributed by atoms with Crippen molar-refractivity contribution >= 4 is 11.9 Å². The highest BCUT2D eigenvalue weighted by atomic mass is 16.5. The summed E-state index contributed by atoms with van der Waals surface area (Å²) in [4.78, 5) is 26.9. The van der Waals surface area contributed by atoms with Crippen LogP contribution < -0.4 is 20.1 Å². The molecule has 0 radical (unpaired) electrons. The van der Waals surface area contributed by atoms with Crippen LogP contribution in [0.1, 0.15) is 61.7 Å². The van der Waals surface area contributed by atoms with Crippen LogP contribution in [0.5, 0.6) is 11.5 Å². The molecule has 1 aromatic rings. The van der Waals surface area contributed by atoms with E-state index in [1.54, 1.807) is 32.4 Å². The van der Waals surface area contributed by atoms with Crippen LogP contribution in [0.3, 0.4) is 0 Å². The largest absolute Gasteiger partial charge is 0.497 e. The summed E-state index contributed by atoms with van der Waals surface area (Å²) in [5, 5.41) is 6.20. The summed E-state index contributed by atoms with van der Waals surface area (Å²) in [7, 11) is 3.13. The fourth-order valence-electron chi connectivity index (χ4n) is 4.41. The van der Waals surface area contributed by atoms with Crippen molar-refractivity contribution in [3.8, 4) is 11.5 Å². The smallest absolute Gasteiger partial charge is 0.317 e. The summed E-state index contributed by atoms with van der Waals surface area (Å²) < 4.78 is 10.5. The zero-order chi connectivity index (χ0) is 21.3. The van der Waals surface area contributed by atoms with Crippen molar-refractivity contribution in [2.45, 2.75) is 57.4 Å².